The maximum Gasteiger partial charge on any atom is 0.407 e. The van der Waals surface area contributed by atoms with Gasteiger partial charge < -0.3 is 19.1 Å². The van der Waals surface area contributed by atoms with Crippen molar-refractivity contribution in [2.24, 2.45) is 32.8 Å². The molecule has 1 fully saturated rings. The number of ether oxygens (including phenoxy) is 3. The first kappa shape index (κ1) is 23.8. The summed E-state index contributed by atoms with van der Waals surface area (Å²) in [5, 5.41) is 4.76. The van der Waals surface area contributed by atoms with Crippen LogP contribution in [-0.2, 0) is 19.0 Å². The molecule has 0 radical (unpaired) electrons. The van der Waals surface area contributed by atoms with E-state index in [1.54, 1.807) is 20.4 Å². The van der Waals surface area contributed by atoms with Gasteiger partial charge in [-0.25, -0.2) is 0 Å². The molecular weight excluding hydrogens is 443 g/mol. The molecule has 0 spiro atoms. The Balaban J connectivity index is 1.56. The molecule has 0 saturated carbocycles. The molecule has 182 valence electrons. The SMILES string of the molecule is COC1CC(C2=CC(C)C3C(=O)N(C4C=NN(CC(F)(F)F)C4)[C@@H](OC)C3=N2)C=NC1OC. The normalized spacial score (nSPS) is 36.3. The van der Waals surface area contributed by atoms with Gasteiger partial charge >= 0.3 is 6.18 Å². The lowest BCUT2D eigenvalue weighted by Gasteiger charge is -2.31. The highest BCUT2D eigenvalue weighted by Gasteiger charge is 2.52. The zero-order valence-electron chi connectivity index (χ0n) is 18.9. The number of methoxy groups -OCH3 is 3. The van der Waals surface area contributed by atoms with Crippen LogP contribution in [0, 0.1) is 17.8 Å². The highest BCUT2D eigenvalue weighted by atomic mass is 19.4. The second-order valence-corrected chi connectivity index (χ2v) is 8.63. The number of aliphatic imine (C=N–C) groups is 2. The van der Waals surface area contributed by atoms with Gasteiger partial charge in [0, 0.05) is 45.4 Å². The van der Waals surface area contributed by atoms with E-state index in [1.807, 2.05) is 13.0 Å². The largest absolute Gasteiger partial charge is 0.407 e. The van der Waals surface area contributed by atoms with Crippen LogP contribution in [-0.4, -0.2) is 99.2 Å². The molecule has 33 heavy (non-hydrogen) atoms. The summed E-state index contributed by atoms with van der Waals surface area (Å²) in [4.78, 5) is 24.0. The van der Waals surface area contributed by atoms with Crippen molar-refractivity contribution in [3.8, 4) is 0 Å². The van der Waals surface area contributed by atoms with Crippen molar-refractivity contribution >= 4 is 24.0 Å². The Labute approximate surface area is 189 Å². The number of carbonyl (C=O) groups is 1. The van der Waals surface area contributed by atoms with Gasteiger partial charge in [0.1, 0.15) is 12.6 Å². The lowest BCUT2D eigenvalue weighted by Crippen LogP contribution is -2.48. The molecule has 4 heterocycles. The molecule has 9 nitrogen and oxygen atoms in total. The first-order chi connectivity index (χ1) is 15.7. The Morgan fingerprint density at radius 1 is 1.15 bits per heavy atom. The van der Waals surface area contributed by atoms with E-state index in [0.717, 1.165) is 10.7 Å². The predicted molar refractivity (Wildman–Crippen MR) is 114 cm³/mol. The number of likely N-dealkylation sites (tertiary alicyclic amines) is 1. The van der Waals surface area contributed by atoms with E-state index in [9.17, 15) is 18.0 Å². The van der Waals surface area contributed by atoms with E-state index in [-0.39, 0.29) is 36.6 Å². The minimum atomic E-state index is -4.38. The standard InChI is InChI=1S/C21H28F3N5O4/c1-11-5-14(12-6-15(31-2)18(32-3)25-7-12)27-17-16(11)19(30)29(20(17)33-4)13-8-26-28(9-13)10-21(22,23)24/h5,7-8,11-13,15-16,18,20H,6,9-10H2,1-4H3/t11?,12?,13?,15?,16?,18?,20-/m0/s1. The van der Waals surface area contributed by atoms with Gasteiger partial charge in [-0.2, -0.15) is 18.3 Å². The third-order valence-electron chi connectivity index (χ3n) is 6.45. The van der Waals surface area contributed by atoms with Gasteiger partial charge in [-0.3, -0.25) is 19.8 Å². The van der Waals surface area contributed by atoms with Crippen molar-refractivity contribution in [3.63, 3.8) is 0 Å². The molecule has 0 aromatic rings. The molecule has 1 saturated heterocycles. The summed E-state index contributed by atoms with van der Waals surface area (Å²) in [6.45, 7) is 0.706. The zero-order valence-corrected chi connectivity index (χ0v) is 18.9. The molecule has 0 N–H and O–H groups in total. The summed E-state index contributed by atoms with van der Waals surface area (Å²) in [6.07, 6.45) is -0.0283. The van der Waals surface area contributed by atoms with E-state index in [2.05, 4.69) is 10.1 Å². The van der Waals surface area contributed by atoms with Crippen LogP contribution in [0.3, 0.4) is 0 Å². The van der Waals surface area contributed by atoms with E-state index in [1.165, 1.54) is 18.2 Å². The molecule has 4 aliphatic rings. The summed E-state index contributed by atoms with van der Waals surface area (Å²) < 4.78 is 54.8. The van der Waals surface area contributed by atoms with Gasteiger partial charge in [-0.15, -0.1) is 0 Å². The lowest BCUT2D eigenvalue weighted by atomic mass is 9.84. The number of hydrogen-bond donors (Lipinski definition) is 0. The van der Waals surface area contributed by atoms with Gasteiger partial charge in [-0.05, 0) is 12.3 Å². The Morgan fingerprint density at radius 3 is 2.55 bits per heavy atom. The minimum Gasteiger partial charge on any atom is -0.377 e. The first-order valence-corrected chi connectivity index (χ1v) is 10.8. The first-order valence-electron chi connectivity index (χ1n) is 10.8. The highest BCUT2D eigenvalue weighted by Crippen LogP contribution is 2.38. The molecule has 1 amide bonds. The molecule has 0 bridgehead atoms. The number of fused-ring (bicyclic) bond motifs is 1. The van der Waals surface area contributed by atoms with E-state index in [0.29, 0.717) is 12.1 Å². The van der Waals surface area contributed by atoms with Gasteiger partial charge in [0.05, 0.1) is 24.2 Å². The number of rotatable bonds is 6. The van der Waals surface area contributed by atoms with Crippen LogP contribution in [0.5, 0.6) is 0 Å². The molecule has 6 unspecified atom stereocenters. The number of hydrazone groups is 1. The number of nitrogens with zero attached hydrogens (tertiary/aromatic N) is 5. The number of halogens is 3. The third kappa shape index (κ3) is 4.56. The van der Waals surface area contributed by atoms with Gasteiger partial charge in [0.25, 0.3) is 0 Å². The van der Waals surface area contributed by atoms with Crippen LogP contribution in [0.25, 0.3) is 0 Å². The second-order valence-electron chi connectivity index (χ2n) is 8.63. The van der Waals surface area contributed by atoms with Crippen LogP contribution >= 0.6 is 0 Å². The number of hydrogen-bond acceptors (Lipinski definition) is 8. The van der Waals surface area contributed by atoms with Crippen LogP contribution in [0.1, 0.15) is 13.3 Å². The zero-order chi connectivity index (χ0) is 23.9. The summed E-state index contributed by atoms with van der Waals surface area (Å²) in [7, 11) is 4.64. The van der Waals surface area contributed by atoms with Crippen molar-refractivity contribution in [2.75, 3.05) is 34.4 Å². The Bertz CT molecular complexity index is 890. The lowest BCUT2D eigenvalue weighted by molar-refractivity contribution is -0.147. The van der Waals surface area contributed by atoms with Crippen LogP contribution in [0.15, 0.2) is 26.9 Å². The smallest absolute Gasteiger partial charge is 0.377 e. The summed E-state index contributed by atoms with van der Waals surface area (Å²) in [5.41, 5.74) is 1.33. The minimum absolute atomic E-state index is 0.0526. The predicted octanol–water partition coefficient (Wildman–Crippen LogP) is 1.70. The van der Waals surface area contributed by atoms with Gasteiger partial charge in [-0.1, -0.05) is 13.0 Å². The van der Waals surface area contributed by atoms with Crippen molar-refractivity contribution < 1.29 is 32.2 Å². The van der Waals surface area contributed by atoms with E-state index >= 15 is 0 Å². The average Bonchev–Trinajstić information content (AvgIpc) is 3.33. The average molecular weight is 471 g/mol. The molecule has 0 aromatic carbocycles. The topological polar surface area (TPSA) is 88.3 Å². The van der Waals surface area contributed by atoms with Crippen molar-refractivity contribution in [3.05, 3.63) is 11.8 Å². The molecule has 7 atom stereocenters. The number of alkyl halides is 3. The fourth-order valence-electron chi connectivity index (χ4n) is 4.94. The molecular formula is C21H28F3N5O4. The van der Waals surface area contributed by atoms with E-state index in [4.69, 9.17) is 19.2 Å². The molecule has 4 aliphatic heterocycles. The van der Waals surface area contributed by atoms with Gasteiger partial charge in [0.15, 0.2) is 12.5 Å². The van der Waals surface area contributed by atoms with Crippen molar-refractivity contribution in [1.82, 2.24) is 9.91 Å². The van der Waals surface area contributed by atoms with Crippen LogP contribution < -0.4 is 0 Å². The van der Waals surface area contributed by atoms with Crippen molar-refractivity contribution in [1.29, 1.82) is 0 Å². The molecule has 0 aromatic heterocycles. The summed E-state index contributed by atoms with van der Waals surface area (Å²) in [6, 6.07) is -0.634. The number of amides is 1. The number of allylic oxidation sites excluding steroid dienone is 2. The Hall–Kier alpha value is -2.31. The fraction of sp³-hybridized carbons (Fsp3) is 0.714. The van der Waals surface area contributed by atoms with Gasteiger partial charge in [0.2, 0.25) is 5.91 Å². The molecule has 4 rings (SSSR count). The fourth-order valence-corrected chi connectivity index (χ4v) is 4.94. The summed E-state index contributed by atoms with van der Waals surface area (Å²) in [5.74, 6) is -1.04. The van der Waals surface area contributed by atoms with Crippen LogP contribution in [0.4, 0.5) is 13.2 Å². The Morgan fingerprint density at radius 2 is 1.91 bits per heavy atom. The second kappa shape index (κ2) is 9.15. The molecule has 12 heteroatoms. The maximum absolute atomic E-state index is 13.3. The monoisotopic (exact) mass is 471 g/mol. The van der Waals surface area contributed by atoms with E-state index < -0.39 is 30.9 Å². The van der Waals surface area contributed by atoms with Crippen molar-refractivity contribution in [2.45, 2.75) is 44.1 Å². The quantitative estimate of drug-likeness (QED) is 0.589. The summed E-state index contributed by atoms with van der Waals surface area (Å²) >= 11 is 0. The maximum atomic E-state index is 13.3. The molecule has 0 aliphatic carbocycles. The Kier molecular flexibility index (Phi) is 6.61. The highest BCUT2D eigenvalue weighted by molar-refractivity contribution is 6.14. The number of carbonyl (C=O) groups excluding carboxylic acids is 1. The third-order valence-corrected chi connectivity index (χ3v) is 6.45. The van der Waals surface area contributed by atoms with Crippen LogP contribution in [0.2, 0.25) is 0 Å².